The van der Waals surface area contributed by atoms with Crippen molar-refractivity contribution in [2.24, 2.45) is 16.7 Å². The van der Waals surface area contributed by atoms with Crippen molar-refractivity contribution in [2.75, 3.05) is 0 Å². The van der Waals surface area contributed by atoms with Crippen LogP contribution >= 0.6 is 27.3 Å². The molecular weight excluding hydrogens is 506 g/mol. The summed E-state index contributed by atoms with van der Waals surface area (Å²) in [6, 6.07) is 23.0. The van der Waals surface area contributed by atoms with Crippen LogP contribution in [0.25, 0.3) is 21.2 Å². The molecule has 0 aliphatic carbocycles. The number of halogens is 1. The van der Waals surface area contributed by atoms with E-state index in [-0.39, 0.29) is 5.92 Å². The van der Waals surface area contributed by atoms with Crippen molar-refractivity contribution in [2.45, 2.75) is 32.8 Å². The first-order chi connectivity index (χ1) is 16.5. The van der Waals surface area contributed by atoms with Crippen molar-refractivity contribution in [1.82, 2.24) is 0 Å². The average molecular weight is 533 g/mol. The number of nitrogens with two attached hydrogens (primary N) is 2. The fraction of sp³-hybridized carbons (Fsp3) is 0.179. The number of thiophene rings is 1. The minimum Gasteiger partial charge on any atom is -0.489 e. The monoisotopic (exact) mass is 531 g/mol. The number of hydrogen-bond acceptors (Lipinski definition) is 4. The van der Waals surface area contributed by atoms with E-state index in [2.05, 4.69) is 82.3 Å². The van der Waals surface area contributed by atoms with E-state index in [1.54, 1.807) is 11.3 Å². The molecule has 6 heteroatoms. The Balaban J connectivity index is 1.53. The van der Waals surface area contributed by atoms with Gasteiger partial charge in [-0.15, -0.1) is 17.3 Å². The molecule has 4 aromatic rings. The third kappa shape index (κ3) is 5.27. The second kappa shape index (κ2) is 10.8. The fourth-order valence-electron chi connectivity index (χ4n) is 3.96. The van der Waals surface area contributed by atoms with E-state index < -0.39 is 0 Å². The van der Waals surface area contributed by atoms with Gasteiger partial charge in [-0.1, -0.05) is 48.4 Å². The van der Waals surface area contributed by atoms with Crippen LogP contribution in [0.4, 0.5) is 0 Å². The molecule has 0 amide bonds. The number of hydrazone groups is 1. The van der Waals surface area contributed by atoms with Crippen LogP contribution < -0.4 is 16.3 Å². The normalized spacial score (nSPS) is 12.3. The highest BCUT2D eigenvalue weighted by atomic mass is 79.9. The summed E-state index contributed by atoms with van der Waals surface area (Å²) in [5, 5.41) is 4.81. The topological polar surface area (TPSA) is 73.6 Å². The second-order valence-electron chi connectivity index (χ2n) is 8.03. The van der Waals surface area contributed by atoms with E-state index in [0.29, 0.717) is 18.9 Å². The van der Waals surface area contributed by atoms with Crippen LogP contribution in [0.3, 0.4) is 0 Å². The van der Waals surface area contributed by atoms with Gasteiger partial charge in [0.25, 0.3) is 0 Å². The van der Waals surface area contributed by atoms with Gasteiger partial charge in [0, 0.05) is 22.1 Å². The van der Waals surface area contributed by atoms with E-state index in [4.69, 9.17) is 16.3 Å². The van der Waals surface area contributed by atoms with Crippen molar-refractivity contribution in [3.63, 3.8) is 0 Å². The lowest BCUT2D eigenvalue weighted by atomic mass is 9.95. The van der Waals surface area contributed by atoms with E-state index >= 15 is 0 Å². The van der Waals surface area contributed by atoms with Crippen LogP contribution in [0.5, 0.6) is 5.75 Å². The quantitative estimate of drug-likeness (QED) is 0.0890. The van der Waals surface area contributed by atoms with Crippen LogP contribution in [0.15, 0.2) is 75.6 Å². The van der Waals surface area contributed by atoms with Crippen LogP contribution in [-0.4, -0.2) is 5.84 Å². The Kier molecular flexibility index (Phi) is 7.56. The smallest absolute Gasteiger partial charge is 0.120 e. The molecule has 34 heavy (non-hydrogen) atoms. The van der Waals surface area contributed by atoms with Crippen LogP contribution in [0.1, 0.15) is 36.0 Å². The number of fused-ring (bicyclic) bond motifs is 1. The highest BCUT2D eigenvalue weighted by molar-refractivity contribution is 9.11. The summed E-state index contributed by atoms with van der Waals surface area (Å²) in [5.74, 6) is 12.6. The highest BCUT2D eigenvalue weighted by Crippen LogP contribution is 2.43. The minimum atomic E-state index is -0.0503. The molecule has 4 rings (SSSR count). The predicted octanol–water partition coefficient (Wildman–Crippen LogP) is 6.95. The van der Waals surface area contributed by atoms with Gasteiger partial charge in [-0.3, -0.25) is 0 Å². The minimum absolute atomic E-state index is 0.0503. The summed E-state index contributed by atoms with van der Waals surface area (Å²) >= 11 is 5.54. The van der Waals surface area contributed by atoms with E-state index in [0.717, 1.165) is 20.7 Å². The summed E-state index contributed by atoms with van der Waals surface area (Å²) in [6.07, 6.45) is 0.497. The number of rotatable bonds is 7. The van der Waals surface area contributed by atoms with Gasteiger partial charge in [0.1, 0.15) is 18.2 Å². The molecule has 0 saturated carbocycles. The molecule has 1 heterocycles. The number of nitrogens with zero attached hydrogens (tertiary/aromatic N) is 1. The number of ether oxygens (including phenoxy) is 1. The number of aryl methyl sites for hydroxylation is 1. The molecule has 4 N–H and O–H groups in total. The molecule has 0 spiro atoms. The zero-order valence-corrected chi connectivity index (χ0v) is 21.5. The zero-order chi connectivity index (χ0) is 24.1. The lowest BCUT2D eigenvalue weighted by Crippen LogP contribution is -2.17. The molecule has 1 aromatic heterocycles. The second-order valence-corrected chi connectivity index (χ2v) is 10.4. The van der Waals surface area contributed by atoms with Crippen molar-refractivity contribution in [1.29, 1.82) is 0 Å². The van der Waals surface area contributed by atoms with E-state index in [1.165, 1.54) is 26.8 Å². The van der Waals surface area contributed by atoms with Gasteiger partial charge >= 0.3 is 0 Å². The third-order valence-corrected chi connectivity index (χ3v) is 7.55. The van der Waals surface area contributed by atoms with Crippen molar-refractivity contribution in [3.05, 3.63) is 87.2 Å². The summed E-state index contributed by atoms with van der Waals surface area (Å²) in [7, 11) is 0. The molecule has 3 aromatic carbocycles. The molecule has 0 radical (unpaired) electrons. The molecular formula is C28H26BrN3OS. The number of amidine groups is 1. The van der Waals surface area contributed by atoms with E-state index in [9.17, 15) is 0 Å². The summed E-state index contributed by atoms with van der Waals surface area (Å²) in [6.45, 7) is 4.45. The first-order valence-electron chi connectivity index (χ1n) is 10.9. The molecule has 0 bridgehead atoms. The molecule has 1 atom stereocenters. The Morgan fingerprint density at radius 2 is 1.88 bits per heavy atom. The van der Waals surface area contributed by atoms with Gasteiger partial charge in [-0.25, -0.2) is 0 Å². The average Bonchev–Trinajstić information content (AvgIpc) is 3.18. The first kappa shape index (κ1) is 23.9. The fourth-order valence-corrected chi connectivity index (χ4v) is 5.83. The van der Waals surface area contributed by atoms with Gasteiger partial charge in [0.15, 0.2) is 0 Å². The molecule has 0 aliphatic rings. The maximum absolute atomic E-state index is 6.10. The Hall–Kier alpha value is -3.27. The summed E-state index contributed by atoms with van der Waals surface area (Å²) in [5.41, 5.74) is 11.7. The molecule has 0 aliphatic heterocycles. The summed E-state index contributed by atoms with van der Waals surface area (Å²) < 4.78 is 8.50. The molecule has 172 valence electrons. The van der Waals surface area contributed by atoms with Crippen LogP contribution in [-0.2, 0) is 6.61 Å². The first-order valence-corrected chi connectivity index (χ1v) is 12.5. The maximum Gasteiger partial charge on any atom is 0.120 e. The number of hydrogen-bond donors (Lipinski definition) is 2. The Bertz CT molecular complexity index is 1400. The Morgan fingerprint density at radius 3 is 2.59 bits per heavy atom. The van der Waals surface area contributed by atoms with Gasteiger partial charge in [-0.2, -0.15) is 5.10 Å². The van der Waals surface area contributed by atoms with Crippen LogP contribution in [0.2, 0.25) is 0 Å². The third-order valence-electron chi connectivity index (χ3n) is 5.71. The van der Waals surface area contributed by atoms with Gasteiger partial charge < -0.3 is 16.3 Å². The Morgan fingerprint density at radius 1 is 1.12 bits per heavy atom. The largest absolute Gasteiger partial charge is 0.489 e. The summed E-state index contributed by atoms with van der Waals surface area (Å²) in [4.78, 5) is 0. The van der Waals surface area contributed by atoms with Crippen LogP contribution in [0, 0.1) is 18.8 Å². The standard InChI is InChI=1S/C28H26BrN3OS/c1-3-6-21(16-26(30)32-31)20-10-12-22(13-11-20)33-17-19-9-14-25-24(15-19)27(28(29)34-25)23-8-5-4-7-18(23)2/h4-5,7-15,21H,16-17,31H2,1-2H3,(H2,30,32). The van der Waals surface area contributed by atoms with Gasteiger partial charge in [0.05, 0.1) is 9.70 Å². The Labute approximate surface area is 212 Å². The molecule has 1 unspecified atom stereocenters. The maximum atomic E-state index is 6.10. The lowest BCUT2D eigenvalue weighted by molar-refractivity contribution is 0.306. The predicted molar refractivity (Wildman–Crippen MR) is 147 cm³/mol. The zero-order valence-electron chi connectivity index (χ0n) is 19.1. The number of benzene rings is 3. The van der Waals surface area contributed by atoms with Gasteiger partial charge in [-0.05, 0) is 76.3 Å². The van der Waals surface area contributed by atoms with Crippen molar-refractivity contribution < 1.29 is 4.74 Å². The van der Waals surface area contributed by atoms with E-state index in [1.807, 2.05) is 31.2 Å². The molecule has 0 saturated heterocycles. The molecule has 0 fully saturated rings. The SMILES string of the molecule is CC#CC(C/C(N)=N/N)c1ccc(OCc2ccc3sc(Br)c(-c4ccccc4C)c3c2)cc1. The molecule has 4 nitrogen and oxygen atoms in total. The highest BCUT2D eigenvalue weighted by Gasteiger charge is 2.15. The lowest BCUT2D eigenvalue weighted by Gasteiger charge is -2.12. The van der Waals surface area contributed by atoms with Crippen molar-refractivity contribution >= 4 is 43.2 Å². The van der Waals surface area contributed by atoms with Gasteiger partial charge in [0.2, 0.25) is 0 Å². The van der Waals surface area contributed by atoms with Crippen molar-refractivity contribution in [3.8, 4) is 28.7 Å².